The topological polar surface area (TPSA) is 886 Å². The molecule has 2 aromatic carbocycles. The predicted molar refractivity (Wildman–Crippen MR) is 444 cm³/mol. The molecule has 0 spiro atoms. The normalized spacial score (nSPS) is 34.7. The van der Waals surface area contributed by atoms with Crippen LogP contribution in [0, 0.1) is 11.8 Å². The van der Waals surface area contributed by atoms with Crippen LogP contribution in [0.5, 0.6) is 0 Å². The lowest BCUT2D eigenvalue weighted by Crippen LogP contribution is -2.80. The Bertz CT molecular complexity index is 4140. The van der Waals surface area contributed by atoms with Gasteiger partial charge in [-0.1, -0.05) is 48.5 Å². The molecule has 138 heavy (non-hydrogen) atoms. The fraction of sp³-hybridized carbons (Fsp3) is 0.768. The van der Waals surface area contributed by atoms with E-state index in [1.165, 1.54) is 0 Å². The van der Waals surface area contributed by atoms with Gasteiger partial charge in [-0.25, -0.2) is 9.59 Å². The lowest BCUT2D eigenvalue weighted by Gasteiger charge is -2.60. The SMILES string of the molecule is CC(=O)NCC(OC(CO)C(OC1OC(CO)C(O)C(O)C1O)C(C)O)OC1(C(O)OCC2C(O)C(OC3OC(CO)C(O)C(O)C3OC3OC(CO)C(OC4OC(CO)C(O)C(O)C4O)C(O)C3NC(C)=O)C2(O)C(O)O[C@@H](CO)C(CO)O[C@H](CNC(C)=O)O[C@@H](CO)C(CO)O[C@H](CNC(C)=O)NC(=O)CC(NC(=O)OCC2c3ccccc3-c3ccccc32)C(=O)O)C(O)C(O)C1CO. The van der Waals surface area contributed by atoms with Gasteiger partial charge in [0.25, 0.3) is 0 Å². The minimum Gasteiger partial charge on any atom is -0.480 e. The van der Waals surface area contributed by atoms with Crippen LogP contribution < -0.4 is 31.9 Å². The molecule has 4 aliphatic heterocycles. The van der Waals surface area contributed by atoms with E-state index in [0.717, 1.165) is 56.9 Å². The first kappa shape index (κ1) is 114. The summed E-state index contributed by atoms with van der Waals surface area (Å²) in [7, 11) is 0. The van der Waals surface area contributed by atoms with Gasteiger partial charge in [-0.2, -0.15) is 0 Å². The number of alkyl carbamates (subject to hydrolysis) is 1. The van der Waals surface area contributed by atoms with Gasteiger partial charge < -0.3 is 246 Å². The van der Waals surface area contributed by atoms with Crippen LogP contribution in [0.15, 0.2) is 48.5 Å². The van der Waals surface area contributed by atoms with E-state index in [-0.39, 0.29) is 6.61 Å². The van der Waals surface area contributed by atoms with E-state index < -0.39 is 397 Å². The molecule has 4 saturated heterocycles. The van der Waals surface area contributed by atoms with Gasteiger partial charge in [-0.3, -0.25) is 24.0 Å². The van der Waals surface area contributed by atoms with Crippen molar-refractivity contribution in [1.82, 2.24) is 31.9 Å². The molecule has 786 valence electrons. The summed E-state index contributed by atoms with van der Waals surface area (Å²) in [5.41, 5.74) is -3.20. The maximum Gasteiger partial charge on any atom is 0.407 e. The maximum atomic E-state index is 13.8. The number of carboxylic acid groups (broad SMARTS) is 1. The van der Waals surface area contributed by atoms with Gasteiger partial charge in [0, 0.05) is 45.4 Å². The summed E-state index contributed by atoms with van der Waals surface area (Å²) in [4.78, 5) is 90.3. The summed E-state index contributed by atoms with van der Waals surface area (Å²) in [5, 5.41) is 316. The van der Waals surface area contributed by atoms with Crippen LogP contribution in [0.25, 0.3) is 11.1 Å². The highest BCUT2D eigenvalue weighted by atomic mass is 16.8. The first-order valence-electron chi connectivity index (χ1n) is 43.9. The first-order chi connectivity index (χ1) is 65.4. The molecule has 9 rings (SSSR count). The number of aliphatic hydroxyl groups excluding tert-OH is 25. The van der Waals surface area contributed by atoms with Crippen molar-refractivity contribution in [2.45, 2.75) is 285 Å². The van der Waals surface area contributed by atoms with Crippen LogP contribution in [0.3, 0.4) is 0 Å². The Labute approximate surface area is 785 Å². The molecular weight excluding hydrogens is 1870 g/mol. The Hall–Kier alpha value is -7.11. The van der Waals surface area contributed by atoms with Crippen molar-refractivity contribution in [2.75, 3.05) is 98.9 Å². The summed E-state index contributed by atoms with van der Waals surface area (Å²) in [6.07, 6.45) is -78.3. The number of amides is 6. The summed E-state index contributed by atoms with van der Waals surface area (Å²) >= 11 is 0. The number of rotatable bonds is 53. The van der Waals surface area contributed by atoms with Crippen molar-refractivity contribution in [3.63, 3.8) is 0 Å². The number of hydrogen-bond donors (Lipinski definition) is 33. The average Bonchev–Trinajstić information content (AvgIpc) is 0.818. The average molecular weight is 2000 g/mol. The quantitative estimate of drug-likeness (QED) is 0.0274. The summed E-state index contributed by atoms with van der Waals surface area (Å²) in [5.74, 6) is -11.2. The van der Waals surface area contributed by atoms with Crippen LogP contribution in [-0.4, -0.2) is 517 Å². The fourth-order valence-electron chi connectivity index (χ4n) is 17.1. The number of nitrogens with one attached hydrogen (secondary N) is 6. The highest BCUT2D eigenvalue weighted by molar-refractivity contribution is 5.87. The minimum absolute atomic E-state index is 0.264. The van der Waals surface area contributed by atoms with E-state index in [4.69, 9.17) is 75.8 Å². The second-order valence-corrected chi connectivity index (χ2v) is 33.9. The number of carbonyl (C=O) groups is 7. The van der Waals surface area contributed by atoms with Crippen molar-refractivity contribution in [2.24, 2.45) is 11.8 Å². The van der Waals surface area contributed by atoms with Crippen molar-refractivity contribution in [3.8, 4) is 11.1 Å². The van der Waals surface area contributed by atoms with Gasteiger partial charge in [-0.15, -0.1) is 0 Å². The van der Waals surface area contributed by atoms with Gasteiger partial charge in [0.05, 0.1) is 117 Å². The zero-order valence-corrected chi connectivity index (χ0v) is 75.0. The number of carboxylic acids is 1. The number of benzene rings is 2. The van der Waals surface area contributed by atoms with E-state index in [2.05, 4.69) is 31.9 Å². The molecule has 33 N–H and O–H groups in total. The summed E-state index contributed by atoms with van der Waals surface area (Å²) in [6.45, 7) is -11.6. The Morgan fingerprint density at radius 1 is 0.449 bits per heavy atom. The van der Waals surface area contributed by atoms with E-state index in [9.17, 15) is 171 Å². The fourth-order valence-corrected chi connectivity index (χ4v) is 17.1. The number of fused-ring (bicyclic) bond motifs is 3. The monoisotopic (exact) mass is 2000 g/mol. The van der Waals surface area contributed by atoms with E-state index >= 15 is 0 Å². The van der Waals surface area contributed by atoms with Crippen LogP contribution in [-0.2, 0) is 105 Å². The number of aliphatic hydroxyl groups is 26. The Morgan fingerprint density at radius 3 is 1.43 bits per heavy atom. The standard InChI is InChI=1S/C82H128N6O50/c1-30(99)68(134-75-66(114)63(111)59(107)47(23-94)129-75)50(26-97)128-55(17-85-33(4)102)138-82(40(18-89)57(105)71(82)116)79(120)123-29-41-58(106)72(137-77-70(65(113)61(109)49(25-96)131-77)136-74-56(86-34(5)103)62(110)69(51(27-98)132-74)135-76-67(115)64(112)60(108)48(24-95)130-76)81(41,122)78(119)133-46(22-93)45(21-92)127-54(16-84-32(3)101)126-44(20-91)43(19-90)125-53(15-83-31(2)100)88-52(104)14-42(73(117)118)87-80(121)124-28-39-37-12-8-6-10-35(37)36-11-7-9-13-38(36)39/h6-13,30,39-51,53-72,74-79,89-99,105-116,119-120,122H,14-29H2,1-5H3,(H,83,100)(H,84,101)(H,85,102)(H,86,103)(H,87,121)(H,88,104)(H,117,118)/t30?,40?,41?,42?,43?,44-,45?,46-,47?,48?,49?,50?,51?,53+,54+,55?,56?,57?,58?,59?,60?,61?,62?,63?,64?,65?,66?,67?,68?,69?,70?,71?,72?,74?,75?,76?,77?,78?,79?,81?,82?/m0/s1. The number of aliphatic carboxylic acids is 1. The zero-order valence-electron chi connectivity index (χ0n) is 75.0. The number of ether oxygens (including phenoxy) is 16. The molecule has 37 unspecified atom stereocenters. The van der Waals surface area contributed by atoms with Crippen molar-refractivity contribution in [1.29, 1.82) is 0 Å². The Balaban J connectivity index is 1.01. The molecule has 0 aromatic heterocycles. The molecule has 0 bridgehead atoms. The van der Waals surface area contributed by atoms with Crippen molar-refractivity contribution < 1.29 is 247 Å². The molecule has 4 heterocycles. The molecule has 41 atom stereocenters. The van der Waals surface area contributed by atoms with Crippen LogP contribution in [0.4, 0.5) is 4.79 Å². The summed E-state index contributed by atoms with van der Waals surface area (Å²) in [6, 6.07) is 10.6. The second-order valence-electron chi connectivity index (χ2n) is 33.9. The predicted octanol–water partition coefficient (Wildman–Crippen LogP) is -17.2. The Morgan fingerprint density at radius 2 is 0.920 bits per heavy atom. The van der Waals surface area contributed by atoms with Gasteiger partial charge in [0.1, 0.15) is 165 Å². The molecular formula is C82H128N6O50. The van der Waals surface area contributed by atoms with Gasteiger partial charge in [-0.05, 0) is 29.2 Å². The van der Waals surface area contributed by atoms with Crippen LogP contribution >= 0.6 is 0 Å². The van der Waals surface area contributed by atoms with Crippen molar-refractivity contribution in [3.05, 3.63) is 59.7 Å². The smallest absolute Gasteiger partial charge is 0.407 e. The molecule has 6 amide bonds. The molecule has 56 nitrogen and oxygen atoms in total. The first-order valence-corrected chi connectivity index (χ1v) is 43.9. The van der Waals surface area contributed by atoms with Crippen molar-refractivity contribution >= 4 is 41.6 Å². The third-order valence-corrected chi connectivity index (χ3v) is 24.6. The van der Waals surface area contributed by atoms with Gasteiger partial charge in [0.2, 0.25) is 29.5 Å². The lowest BCUT2D eigenvalue weighted by atomic mass is 9.63. The van der Waals surface area contributed by atoms with E-state index in [1.807, 2.05) is 36.4 Å². The second kappa shape index (κ2) is 51.9. The lowest BCUT2D eigenvalue weighted by molar-refractivity contribution is -0.425. The van der Waals surface area contributed by atoms with Crippen LogP contribution in [0.1, 0.15) is 58.1 Å². The molecule has 2 saturated carbocycles. The highest BCUT2D eigenvalue weighted by Gasteiger charge is 2.72. The van der Waals surface area contributed by atoms with E-state index in [1.54, 1.807) is 12.1 Å². The molecule has 56 heteroatoms. The molecule has 2 aromatic rings. The largest absolute Gasteiger partial charge is 0.480 e. The van der Waals surface area contributed by atoms with Crippen LogP contribution in [0.2, 0.25) is 0 Å². The minimum atomic E-state index is -3.56. The summed E-state index contributed by atoms with van der Waals surface area (Å²) < 4.78 is 93.8. The van der Waals surface area contributed by atoms with Gasteiger partial charge >= 0.3 is 12.1 Å². The third-order valence-electron chi connectivity index (χ3n) is 24.6. The van der Waals surface area contributed by atoms with E-state index in [0.29, 0.717) is 0 Å². The maximum absolute atomic E-state index is 13.8. The number of hydrogen-bond acceptors (Lipinski definition) is 49. The molecule has 3 aliphatic carbocycles. The molecule has 0 radical (unpaired) electrons. The van der Waals surface area contributed by atoms with Gasteiger partial charge in [0.15, 0.2) is 61.5 Å². The molecule has 6 fully saturated rings. The highest BCUT2D eigenvalue weighted by Crippen LogP contribution is 2.51. The number of carbonyl (C=O) groups excluding carboxylic acids is 6. The Kier molecular flexibility index (Phi) is 43.1. The molecule has 7 aliphatic rings. The zero-order chi connectivity index (χ0) is 102. The third kappa shape index (κ3) is 26.7.